The van der Waals surface area contributed by atoms with Crippen molar-refractivity contribution in [3.63, 3.8) is 0 Å². The largest absolute Gasteiger partial charge is 0.377 e. The maximum atomic E-state index is 5.76. The number of ether oxygens (including phenoxy) is 1. The fourth-order valence-electron chi connectivity index (χ4n) is 2.61. The van der Waals surface area contributed by atoms with Gasteiger partial charge in [0.1, 0.15) is 0 Å². The molecule has 1 aromatic rings. The number of rotatable bonds is 4. The van der Waals surface area contributed by atoms with Crippen LogP contribution in [-0.2, 0) is 4.74 Å². The molecule has 2 unspecified atom stereocenters. The van der Waals surface area contributed by atoms with Crippen molar-refractivity contribution in [2.45, 2.75) is 52.2 Å². The molecule has 2 heteroatoms. The van der Waals surface area contributed by atoms with E-state index in [4.69, 9.17) is 4.74 Å². The van der Waals surface area contributed by atoms with Crippen molar-refractivity contribution >= 4 is 0 Å². The number of hydrogen-bond donors (Lipinski definition) is 1. The van der Waals surface area contributed by atoms with Crippen LogP contribution in [0.2, 0.25) is 0 Å². The molecular formula is C16H25NO. The molecule has 1 heterocycles. The normalized spacial score (nSPS) is 21.8. The molecule has 2 rings (SSSR count). The smallest absolute Gasteiger partial charge is 0.0699 e. The van der Waals surface area contributed by atoms with Gasteiger partial charge in [0.2, 0.25) is 0 Å². The highest BCUT2D eigenvalue weighted by atomic mass is 16.5. The Hall–Kier alpha value is -0.860. The molecule has 1 N–H and O–H groups in total. The van der Waals surface area contributed by atoms with E-state index < -0.39 is 0 Å². The summed E-state index contributed by atoms with van der Waals surface area (Å²) in [5.41, 5.74) is 4.11. The third kappa shape index (κ3) is 3.56. The number of benzene rings is 1. The quantitative estimate of drug-likeness (QED) is 0.879. The summed E-state index contributed by atoms with van der Waals surface area (Å²) in [6.45, 7) is 8.48. The Bertz CT molecular complexity index is 383. The Labute approximate surface area is 111 Å². The van der Waals surface area contributed by atoms with Crippen LogP contribution in [0.25, 0.3) is 0 Å². The van der Waals surface area contributed by atoms with Crippen LogP contribution in [0.3, 0.4) is 0 Å². The summed E-state index contributed by atoms with van der Waals surface area (Å²) >= 11 is 0. The van der Waals surface area contributed by atoms with Gasteiger partial charge in [-0.25, -0.2) is 0 Å². The lowest BCUT2D eigenvalue weighted by Crippen LogP contribution is -2.33. The van der Waals surface area contributed by atoms with E-state index in [1.54, 1.807) is 0 Å². The first-order valence-electron chi connectivity index (χ1n) is 7.09. The van der Waals surface area contributed by atoms with Crippen molar-refractivity contribution in [1.29, 1.82) is 0 Å². The summed E-state index contributed by atoms with van der Waals surface area (Å²) in [7, 11) is 0. The molecule has 0 aliphatic carbocycles. The Morgan fingerprint density at radius 1 is 1.33 bits per heavy atom. The first-order chi connectivity index (χ1) is 8.66. The summed E-state index contributed by atoms with van der Waals surface area (Å²) in [6.07, 6.45) is 4.14. The molecule has 2 atom stereocenters. The van der Waals surface area contributed by atoms with Gasteiger partial charge in [0.25, 0.3) is 0 Å². The van der Waals surface area contributed by atoms with E-state index in [9.17, 15) is 0 Å². The minimum Gasteiger partial charge on any atom is -0.377 e. The highest BCUT2D eigenvalue weighted by molar-refractivity contribution is 5.32. The second-order valence-electron chi connectivity index (χ2n) is 5.48. The lowest BCUT2D eigenvalue weighted by Gasteiger charge is -2.25. The van der Waals surface area contributed by atoms with E-state index in [1.165, 1.54) is 36.0 Å². The average molecular weight is 247 g/mol. The van der Waals surface area contributed by atoms with E-state index in [0.29, 0.717) is 12.1 Å². The molecule has 100 valence electrons. The van der Waals surface area contributed by atoms with Crippen molar-refractivity contribution in [2.24, 2.45) is 0 Å². The minimum absolute atomic E-state index is 0.399. The Kier molecular flexibility index (Phi) is 4.79. The van der Waals surface area contributed by atoms with Crippen LogP contribution in [0.4, 0.5) is 0 Å². The lowest BCUT2D eigenvalue weighted by molar-refractivity contribution is 0.0156. The Morgan fingerprint density at radius 3 is 2.89 bits per heavy atom. The van der Waals surface area contributed by atoms with Crippen molar-refractivity contribution in [1.82, 2.24) is 5.32 Å². The number of aryl methyl sites for hydroxylation is 2. The first-order valence-corrected chi connectivity index (χ1v) is 7.09. The standard InChI is InChI=1S/C16H25NO/c1-12-7-8-13(2)16(10-12)14(3)17-11-15-6-4-5-9-18-15/h7-8,10,14-15,17H,4-6,9,11H2,1-3H3. The molecule has 1 aromatic carbocycles. The van der Waals surface area contributed by atoms with Crippen molar-refractivity contribution in [3.8, 4) is 0 Å². The molecule has 18 heavy (non-hydrogen) atoms. The van der Waals surface area contributed by atoms with Crippen molar-refractivity contribution in [3.05, 3.63) is 34.9 Å². The second kappa shape index (κ2) is 6.35. The molecule has 0 radical (unpaired) electrons. The van der Waals surface area contributed by atoms with Gasteiger partial charge in [-0.15, -0.1) is 0 Å². The van der Waals surface area contributed by atoms with Crippen LogP contribution >= 0.6 is 0 Å². The predicted octanol–water partition coefficient (Wildman–Crippen LogP) is 3.52. The molecule has 0 spiro atoms. The van der Waals surface area contributed by atoms with E-state index in [2.05, 4.69) is 44.3 Å². The summed E-state index contributed by atoms with van der Waals surface area (Å²) in [6, 6.07) is 7.07. The van der Waals surface area contributed by atoms with Crippen LogP contribution in [0.15, 0.2) is 18.2 Å². The molecule has 1 aliphatic heterocycles. The first kappa shape index (κ1) is 13.6. The molecular weight excluding hydrogens is 222 g/mol. The molecule has 0 aromatic heterocycles. The number of nitrogens with one attached hydrogen (secondary N) is 1. The van der Waals surface area contributed by atoms with E-state index >= 15 is 0 Å². The van der Waals surface area contributed by atoms with Gasteiger partial charge in [-0.05, 0) is 51.2 Å². The Balaban J connectivity index is 1.90. The van der Waals surface area contributed by atoms with Crippen LogP contribution in [0, 0.1) is 13.8 Å². The molecule has 0 saturated carbocycles. The summed E-state index contributed by atoms with van der Waals surface area (Å²) in [5, 5.41) is 3.61. The third-order valence-electron chi connectivity index (χ3n) is 3.83. The predicted molar refractivity (Wildman–Crippen MR) is 75.9 cm³/mol. The Morgan fingerprint density at radius 2 is 2.17 bits per heavy atom. The van der Waals surface area contributed by atoms with Crippen molar-refractivity contribution < 1.29 is 4.74 Å². The van der Waals surface area contributed by atoms with Gasteiger partial charge in [-0.1, -0.05) is 23.8 Å². The van der Waals surface area contributed by atoms with Crippen LogP contribution < -0.4 is 5.32 Å². The highest BCUT2D eigenvalue weighted by Gasteiger charge is 2.15. The third-order valence-corrected chi connectivity index (χ3v) is 3.83. The minimum atomic E-state index is 0.399. The van der Waals surface area contributed by atoms with E-state index in [0.717, 1.165) is 13.2 Å². The van der Waals surface area contributed by atoms with Gasteiger partial charge in [0, 0.05) is 19.2 Å². The van der Waals surface area contributed by atoms with Gasteiger partial charge in [-0.2, -0.15) is 0 Å². The molecule has 1 fully saturated rings. The van der Waals surface area contributed by atoms with E-state index in [-0.39, 0.29) is 0 Å². The van der Waals surface area contributed by atoms with Crippen LogP contribution in [0.1, 0.15) is 48.9 Å². The molecule has 1 saturated heterocycles. The summed E-state index contributed by atoms with van der Waals surface area (Å²) in [4.78, 5) is 0. The maximum absolute atomic E-state index is 5.76. The zero-order valence-electron chi connectivity index (χ0n) is 11.8. The zero-order valence-corrected chi connectivity index (χ0v) is 11.8. The zero-order chi connectivity index (χ0) is 13.0. The van der Waals surface area contributed by atoms with Gasteiger partial charge >= 0.3 is 0 Å². The molecule has 1 aliphatic rings. The van der Waals surface area contributed by atoms with Gasteiger partial charge in [0.05, 0.1) is 6.10 Å². The van der Waals surface area contributed by atoms with Gasteiger partial charge in [-0.3, -0.25) is 0 Å². The molecule has 0 amide bonds. The SMILES string of the molecule is Cc1ccc(C)c(C(C)NCC2CCCCO2)c1. The summed E-state index contributed by atoms with van der Waals surface area (Å²) < 4.78 is 5.76. The van der Waals surface area contributed by atoms with Gasteiger partial charge in [0.15, 0.2) is 0 Å². The van der Waals surface area contributed by atoms with Gasteiger partial charge < -0.3 is 10.1 Å². The fraction of sp³-hybridized carbons (Fsp3) is 0.625. The topological polar surface area (TPSA) is 21.3 Å². The van der Waals surface area contributed by atoms with Crippen LogP contribution in [0.5, 0.6) is 0 Å². The van der Waals surface area contributed by atoms with Crippen LogP contribution in [-0.4, -0.2) is 19.3 Å². The number of hydrogen-bond acceptors (Lipinski definition) is 2. The molecule has 2 nitrogen and oxygen atoms in total. The molecule has 0 bridgehead atoms. The second-order valence-corrected chi connectivity index (χ2v) is 5.48. The highest BCUT2D eigenvalue weighted by Crippen LogP contribution is 2.19. The maximum Gasteiger partial charge on any atom is 0.0699 e. The monoisotopic (exact) mass is 247 g/mol. The van der Waals surface area contributed by atoms with E-state index in [1.807, 2.05) is 0 Å². The fourth-order valence-corrected chi connectivity index (χ4v) is 2.61. The summed E-state index contributed by atoms with van der Waals surface area (Å²) in [5.74, 6) is 0. The average Bonchev–Trinajstić information content (AvgIpc) is 2.40. The lowest BCUT2D eigenvalue weighted by atomic mass is 9.99. The van der Waals surface area contributed by atoms with Crippen molar-refractivity contribution in [2.75, 3.05) is 13.2 Å².